The number of hydrogen-bond acceptors (Lipinski definition) is 4. The molecule has 1 N–H and O–H groups in total. The van der Waals surface area contributed by atoms with Crippen molar-refractivity contribution in [3.63, 3.8) is 0 Å². The van der Waals surface area contributed by atoms with E-state index < -0.39 is 10.1 Å². The van der Waals surface area contributed by atoms with Gasteiger partial charge in [0.05, 0.1) is 12.3 Å². The van der Waals surface area contributed by atoms with E-state index in [2.05, 4.69) is 5.32 Å². The minimum atomic E-state index is -3.68. The Kier molecular flexibility index (Phi) is 7.14. The Morgan fingerprint density at radius 1 is 1.32 bits per heavy atom. The Hall–Kier alpha value is -1.47. The van der Waals surface area contributed by atoms with E-state index in [9.17, 15) is 13.2 Å². The monoisotopic (exact) mass is 390 g/mol. The van der Waals surface area contributed by atoms with Crippen molar-refractivity contribution in [1.29, 1.82) is 0 Å². The van der Waals surface area contributed by atoms with Gasteiger partial charge in [0.1, 0.15) is 5.75 Å². The van der Waals surface area contributed by atoms with E-state index >= 15 is 0 Å². The molecular weight excluding hydrogens is 364 g/mol. The number of carbonyl (C=O) groups is 1. The van der Waals surface area contributed by atoms with Gasteiger partial charge in [-0.25, -0.2) is 4.79 Å². The highest BCUT2D eigenvalue weighted by Gasteiger charge is 2.24. The largest absolute Gasteiger partial charge is 0.382 e. The molecule has 25 heavy (non-hydrogen) atoms. The summed E-state index contributed by atoms with van der Waals surface area (Å²) < 4.78 is 28.8. The van der Waals surface area contributed by atoms with Crippen LogP contribution in [0, 0.1) is 0 Å². The third-order valence-electron chi connectivity index (χ3n) is 3.30. The zero-order valence-corrected chi connectivity index (χ0v) is 17.2. The summed E-state index contributed by atoms with van der Waals surface area (Å²) in [7, 11) is -3.68. The molecule has 1 aromatic carbocycles. The van der Waals surface area contributed by atoms with E-state index in [4.69, 9.17) is 15.8 Å². The van der Waals surface area contributed by atoms with Crippen LogP contribution in [0.2, 0.25) is 5.02 Å². The number of nitrogens with zero attached hydrogens (tertiary/aromatic N) is 1. The Balaban J connectivity index is 3.16. The maximum absolute atomic E-state index is 12.6. The molecular formula is C17H27ClN2O4S. The van der Waals surface area contributed by atoms with E-state index in [1.165, 1.54) is 13.0 Å². The van der Waals surface area contributed by atoms with E-state index in [0.717, 1.165) is 0 Å². The fourth-order valence-electron chi connectivity index (χ4n) is 2.01. The predicted molar refractivity (Wildman–Crippen MR) is 101 cm³/mol. The fourth-order valence-corrected chi connectivity index (χ4v) is 2.76. The molecule has 0 atom stereocenters. The first-order valence-corrected chi connectivity index (χ1v) is 10.1. The molecule has 0 aliphatic carbocycles. The van der Waals surface area contributed by atoms with Gasteiger partial charge in [0.15, 0.2) is 0 Å². The lowest BCUT2D eigenvalue weighted by Crippen LogP contribution is -2.50. The van der Waals surface area contributed by atoms with Crippen LogP contribution in [0.5, 0.6) is 5.75 Å². The van der Waals surface area contributed by atoms with E-state index in [1.54, 1.807) is 17.0 Å². The van der Waals surface area contributed by atoms with Gasteiger partial charge in [0, 0.05) is 22.2 Å². The van der Waals surface area contributed by atoms with Crippen LogP contribution in [-0.4, -0.2) is 36.7 Å². The molecule has 0 aromatic heterocycles. The van der Waals surface area contributed by atoms with Crippen molar-refractivity contribution in [2.75, 3.05) is 5.75 Å². The topological polar surface area (TPSA) is 75.7 Å². The molecule has 0 saturated heterocycles. The number of amides is 2. The van der Waals surface area contributed by atoms with E-state index in [0.29, 0.717) is 10.6 Å². The molecule has 142 valence electrons. The molecule has 0 unspecified atom stereocenters. The summed E-state index contributed by atoms with van der Waals surface area (Å²) in [5.74, 6) is 0.0356. The van der Waals surface area contributed by atoms with Crippen LogP contribution < -0.4 is 9.50 Å². The summed E-state index contributed by atoms with van der Waals surface area (Å²) in [5, 5.41) is 3.35. The quantitative estimate of drug-likeness (QED) is 0.750. The molecule has 6 nitrogen and oxygen atoms in total. The SMILES string of the molecule is CCS(=O)(=O)Oc1ccc(Cl)cc1CN(C(=O)NC(C)(C)C)C(C)C. The molecule has 0 radical (unpaired) electrons. The molecule has 2 amide bonds. The molecule has 0 aliphatic rings. The lowest BCUT2D eigenvalue weighted by molar-refractivity contribution is 0.171. The number of hydrogen-bond donors (Lipinski definition) is 1. The molecule has 0 spiro atoms. The summed E-state index contributed by atoms with van der Waals surface area (Å²) in [5.41, 5.74) is 0.144. The molecule has 8 heteroatoms. The van der Waals surface area contributed by atoms with Crippen molar-refractivity contribution in [3.8, 4) is 5.75 Å². The first-order chi connectivity index (χ1) is 11.3. The summed E-state index contributed by atoms with van der Waals surface area (Å²) in [6.45, 7) is 11.1. The minimum Gasteiger partial charge on any atom is -0.382 e. The van der Waals surface area contributed by atoms with Gasteiger partial charge in [-0.05, 0) is 59.7 Å². The van der Waals surface area contributed by atoms with E-state index in [-0.39, 0.29) is 35.7 Å². The molecule has 0 aliphatic heterocycles. The van der Waals surface area contributed by atoms with Crippen molar-refractivity contribution in [2.24, 2.45) is 0 Å². The second-order valence-electron chi connectivity index (χ2n) is 7.08. The van der Waals surface area contributed by atoms with Crippen LogP contribution in [0.4, 0.5) is 4.79 Å². The summed E-state index contributed by atoms with van der Waals surface area (Å²) >= 11 is 6.05. The van der Waals surface area contributed by atoms with E-state index in [1.807, 2.05) is 34.6 Å². The maximum Gasteiger partial charge on any atom is 0.318 e. The second-order valence-corrected chi connectivity index (χ2v) is 9.38. The Morgan fingerprint density at radius 2 is 1.92 bits per heavy atom. The molecule has 0 bridgehead atoms. The number of carbonyl (C=O) groups excluding carboxylic acids is 1. The Labute approximate surface area is 155 Å². The van der Waals surface area contributed by atoms with Gasteiger partial charge in [0.25, 0.3) is 0 Å². The van der Waals surface area contributed by atoms with Gasteiger partial charge < -0.3 is 14.4 Å². The van der Waals surface area contributed by atoms with Crippen molar-refractivity contribution >= 4 is 27.8 Å². The molecule has 1 aromatic rings. The third-order valence-corrected chi connectivity index (χ3v) is 4.68. The highest BCUT2D eigenvalue weighted by Crippen LogP contribution is 2.26. The van der Waals surface area contributed by atoms with Crippen LogP contribution in [0.3, 0.4) is 0 Å². The average Bonchev–Trinajstić information content (AvgIpc) is 2.44. The lowest BCUT2D eigenvalue weighted by atomic mass is 10.1. The second kappa shape index (κ2) is 8.27. The van der Waals surface area contributed by atoms with Crippen LogP contribution in [0.15, 0.2) is 18.2 Å². The number of halogens is 1. The minimum absolute atomic E-state index is 0.100. The fraction of sp³-hybridized carbons (Fsp3) is 0.588. The highest BCUT2D eigenvalue weighted by molar-refractivity contribution is 7.87. The molecule has 0 fully saturated rings. The van der Waals surface area contributed by atoms with Crippen LogP contribution in [0.25, 0.3) is 0 Å². The zero-order valence-electron chi connectivity index (χ0n) is 15.6. The normalized spacial score (nSPS) is 12.2. The van der Waals surface area contributed by atoms with Gasteiger partial charge in [0.2, 0.25) is 0 Å². The predicted octanol–water partition coefficient (Wildman–Crippen LogP) is 3.79. The first kappa shape index (κ1) is 21.6. The number of benzene rings is 1. The Morgan fingerprint density at radius 3 is 2.40 bits per heavy atom. The number of rotatable bonds is 6. The van der Waals surface area contributed by atoms with Gasteiger partial charge >= 0.3 is 16.1 Å². The van der Waals surface area contributed by atoms with Crippen molar-refractivity contribution < 1.29 is 17.4 Å². The van der Waals surface area contributed by atoms with Gasteiger partial charge in [-0.3, -0.25) is 0 Å². The van der Waals surface area contributed by atoms with Crippen molar-refractivity contribution in [1.82, 2.24) is 10.2 Å². The average molecular weight is 391 g/mol. The van der Waals surface area contributed by atoms with Gasteiger partial charge in [-0.2, -0.15) is 8.42 Å². The lowest BCUT2D eigenvalue weighted by Gasteiger charge is -2.31. The summed E-state index contributed by atoms with van der Waals surface area (Å²) in [4.78, 5) is 14.2. The zero-order chi connectivity index (χ0) is 19.4. The van der Waals surface area contributed by atoms with Gasteiger partial charge in [-0.15, -0.1) is 0 Å². The van der Waals surface area contributed by atoms with Crippen LogP contribution in [-0.2, 0) is 16.7 Å². The van der Waals surface area contributed by atoms with Crippen LogP contribution in [0.1, 0.15) is 47.1 Å². The first-order valence-electron chi connectivity index (χ1n) is 8.14. The number of nitrogens with one attached hydrogen (secondary N) is 1. The summed E-state index contributed by atoms with van der Waals surface area (Å²) in [6.07, 6.45) is 0. The standard InChI is InChI=1S/C17H27ClN2O4S/c1-7-25(22,23)24-15-9-8-14(18)10-13(15)11-20(12(2)3)16(21)19-17(4,5)6/h8-10,12H,7,11H2,1-6H3,(H,19,21). The summed E-state index contributed by atoms with van der Waals surface area (Å²) in [6, 6.07) is 4.33. The van der Waals surface area contributed by atoms with Crippen molar-refractivity contribution in [2.45, 2.75) is 59.7 Å². The maximum atomic E-state index is 12.6. The van der Waals surface area contributed by atoms with Crippen molar-refractivity contribution in [3.05, 3.63) is 28.8 Å². The smallest absolute Gasteiger partial charge is 0.318 e. The highest BCUT2D eigenvalue weighted by atomic mass is 35.5. The number of urea groups is 1. The third kappa shape index (κ3) is 7.12. The van der Waals surface area contributed by atoms with Crippen LogP contribution >= 0.6 is 11.6 Å². The molecule has 0 heterocycles. The Bertz CT molecular complexity index is 712. The molecule has 1 rings (SSSR count). The molecule has 0 saturated carbocycles. The van der Waals surface area contributed by atoms with Gasteiger partial charge in [-0.1, -0.05) is 11.6 Å².